The van der Waals surface area contributed by atoms with Crippen molar-refractivity contribution in [3.05, 3.63) is 51.7 Å². The number of hydrogen-bond donors (Lipinski definition) is 2. The van der Waals surface area contributed by atoms with Crippen molar-refractivity contribution in [3.8, 4) is 6.07 Å². The summed E-state index contributed by atoms with van der Waals surface area (Å²) >= 11 is 19.6. The van der Waals surface area contributed by atoms with Gasteiger partial charge in [0.2, 0.25) is 3.79 Å². The number of fused-ring (bicyclic) bond motifs is 1. The molecule has 0 unspecified atom stereocenters. The molecule has 0 bridgehead atoms. The van der Waals surface area contributed by atoms with Crippen molar-refractivity contribution in [2.45, 2.75) is 35.6 Å². The summed E-state index contributed by atoms with van der Waals surface area (Å²) < 4.78 is 11.2. The molecule has 0 saturated carbocycles. The van der Waals surface area contributed by atoms with Gasteiger partial charge in [-0.1, -0.05) is 34.8 Å². The molecule has 2 aromatic rings. The van der Waals surface area contributed by atoms with Crippen LogP contribution in [0.5, 0.6) is 0 Å². The number of anilines is 1. The van der Waals surface area contributed by atoms with Crippen LogP contribution in [0.1, 0.15) is 39.2 Å². The molecule has 0 aliphatic heterocycles. The second kappa shape index (κ2) is 8.24. The molecule has 0 radical (unpaired) electrons. The van der Waals surface area contributed by atoms with Crippen LogP contribution in [0.2, 0.25) is 0 Å². The summed E-state index contributed by atoms with van der Waals surface area (Å²) in [5.74, 6) is -0.982. The van der Waals surface area contributed by atoms with E-state index in [0.29, 0.717) is 10.6 Å². The van der Waals surface area contributed by atoms with Gasteiger partial charge in [0, 0.05) is 10.4 Å². The number of carbonyl (C=O) groups excluding carboxylic acids is 1. The highest BCUT2D eigenvalue weighted by atomic mass is 35.6. The third kappa shape index (κ3) is 4.67. The van der Waals surface area contributed by atoms with Gasteiger partial charge >= 0.3 is 0 Å². The Morgan fingerprint density at radius 3 is 2.52 bits per heavy atom. The van der Waals surface area contributed by atoms with Gasteiger partial charge in [0.15, 0.2) is 0 Å². The molecule has 9 heteroatoms. The molecule has 0 fully saturated rings. The average Bonchev–Trinajstić information content (AvgIpc) is 2.98. The zero-order chi connectivity index (χ0) is 19.6. The minimum absolute atomic E-state index is 0.225. The normalized spacial score (nSPS) is 14.8. The first-order chi connectivity index (χ1) is 12.8. The second-order valence-corrected chi connectivity index (χ2v) is 9.60. The van der Waals surface area contributed by atoms with Crippen LogP contribution in [-0.4, -0.2) is 15.9 Å². The van der Waals surface area contributed by atoms with Gasteiger partial charge in [-0.05, 0) is 55.5 Å². The fourth-order valence-corrected chi connectivity index (χ4v) is 4.53. The van der Waals surface area contributed by atoms with Crippen LogP contribution in [0.15, 0.2) is 24.3 Å². The lowest BCUT2D eigenvalue weighted by Gasteiger charge is -2.27. The number of halogens is 4. The molecule has 3 rings (SSSR count). The molecule has 27 heavy (non-hydrogen) atoms. The summed E-state index contributed by atoms with van der Waals surface area (Å²) in [4.78, 5) is 13.6. The SMILES string of the molecule is N#Cc1c(N[C@H](NC(=O)c2ccc(F)cc2)C(Cl)(Cl)Cl)sc2c1CCCC2. The molecule has 0 spiro atoms. The second-order valence-electron chi connectivity index (χ2n) is 6.13. The first-order valence-corrected chi connectivity index (χ1v) is 10.2. The van der Waals surface area contributed by atoms with Crippen LogP contribution < -0.4 is 10.6 Å². The summed E-state index contributed by atoms with van der Waals surface area (Å²) in [6, 6.07) is 7.24. The van der Waals surface area contributed by atoms with Crippen LogP contribution in [0.25, 0.3) is 0 Å². The van der Waals surface area contributed by atoms with Gasteiger partial charge in [-0.3, -0.25) is 4.79 Å². The van der Waals surface area contributed by atoms with E-state index in [-0.39, 0.29) is 5.56 Å². The van der Waals surface area contributed by atoms with Gasteiger partial charge in [0.1, 0.15) is 23.1 Å². The average molecular weight is 447 g/mol. The van der Waals surface area contributed by atoms with Gasteiger partial charge in [0.25, 0.3) is 5.91 Å². The van der Waals surface area contributed by atoms with Crippen LogP contribution in [-0.2, 0) is 12.8 Å². The summed E-state index contributed by atoms with van der Waals surface area (Å²) in [6.07, 6.45) is 2.79. The van der Waals surface area contributed by atoms with Crippen molar-refractivity contribution < 1.29 is 9.18 Å². The van der Waals surface area contributed by atoms with Crippen LogP contribution in [0.3, 0.4) is 0 Å². The third-order valence-electron chi connectivity index (χ3n) is 4.27. The summed E-state index contributed by atoms with van der Waals surface area (Å²) in [7, 11) is 0. The minimum atomic E-state index is -1.87. The number of nitriles is 1. The standard InChI is InChI=1S/C18H15Cl3FN3OS/c19-18(20,21)17(24-15(26)10-5-7-11(22)8-6-10)25-16-13(9-23)12-3-1-2-4-14(12)27-16/h5-8,17,25H,1-4H2,(H,24,26)/t17-/m0/s1. The number of aryl methyl sites for hydroxylation is 1. The molecule has 2 N–H and O–H groups in total. The van der Waals surface area contributed by atoms with E-state index in [2.05, 4.69) is 16.7 Å². The molecule has 1 atom stereocenters. The number of nitrogens with zero attached hydrogens (tertiary/aromatic N) is 1. The number of alkyl halides is 3. The van der Waals surface area contributed by atoms with Crippen molar-refractivity contribution in [3.63, 3.8) is 0 Å². The van der Waals surface area contributed by atoms with E-state index in [4.69, 9.17) is 34.8 Å². The van der Waals surface area contributed by atoms with Crippen molar-refractivity contribution in [1.29, 1.82) is 5.26 Å². The number of benzene rings is 1. The number of carbonyl (C=O) groups is 1. The molecule has 1 aliphatic rings. The van der Waals surface area contributed by atoms with Gasteiger partial charge in [-0.15, -0.1) is 11.3 Å². The van der Waals surface area contributed by atoms with Gasteiger partial charge < -0.3 is 10.6 Å². The summed E-state index contributed by atoms with van der Waals surface area (Å²) in [6.45, 7) is 0. The number of hydrogen-bond acceptors (Lipinski definition) is 4. The first kappa shape index (κ1) is 20.2. The Morgan fingerprint density at radius 1 is 1.22 bits per heavy atom. The maximum absolute atomic E-state index is 13.0. The Morgan fingerprint density at radius 2 is 1.89 bits per heavy atom. The van der Waals surface area contributed by atoms with Gasteiger partial charge in [0.05, 0.1) is 5.56 Å². The Hall–Kier alpha value is -1.52. The number of thiophene rings is 1. The fourth-order valence-electron chi connectivity index (χ4n) is 2.93. The van der Waals surface area contributed by atoms with E-state index < -0.39 is 21.7 Å². The molecule has 4 nitrogen and oxygen atoms in total. The van der Waals surface area contributed by atoms with Crippen LogP contribution >= 0.6 is 46.1 Å². The molecule has 0 saturated heterocycles. The summed E-state index contributed by atoms with van der Waals surface area (Å²) in [5, 5.41) is 15.7. The van der Waals surface area contributed by atoms with E-state index >= 15 is 0 Å². The van der Waals surface area contributed by atoms with E-state index in [1.54, 1.807) is 0 Å². The van der Waals surface area contributed by atoms with Crippen LogP contribution in [0, 0.1) is 17.1 Å². The highest BCUT2D eigenvalue weighted by Gasteiger charge is 2.36. The minimum Gasteiger partial charge on any atom is -0.352 e. The van der Waals surface area contributed by atoms with Crippen LogP contribution in [0.4, 0.5) is 9.39 Å². The molecule has 1 aromatic carbocycles. The highest BCUT2D eigenvalue weighted by Crippen LogP contribution is 2.40. The van der Waals surface area contributed by atoms with E-state index in [1.807, 2.05) is 0 Å². The predicted molar refractivity (Wildman–Crippen MR) is 107 cm³/mol. The lowest BCUT2D eigenvalue weighted by Crippen LogP contribution is -2.49. The van der Waals surface area contributed by atoms with Crippen molar-refractivity contribution in [1.82, 2.24) is 5.32 Å². The molecule has 1 amide bonds. The van der Waals surface area contributed by atoms with E-state index in [1.165, 1.54) is 35.6 Å². The number of nitrogens with one attached hydrogen (secondary N) is 2. The summed E-state index contributed by atoms with van der Waals surface area (Å²) in [5.41, 5.74) is 1.79. The molecular formula is C18H15Cl3FN3OS. The Bertz CT molecular complexity index is 887. The van der Waals surface area contributed by atoms with Gasteiger partial charge in [-0.25, -0.2) is 4.39 Å². The fraction of sp³-hybridized carbons (Fsp3) is 0.333. The zero-order valence-corrected chi connectivity index (χ0v) is 17.1. The number of amides is 1. The smallest absolute Gasteiger partial charge is 0.252 e. The number of rotatable bonds is 4. The van der Waals surface area contributed by atoms with E-state index in [9.17, 15) is 14.4 Å². The van der Waals surface area contributed by atoms with Crippen molar-refractivity contribution >= 4 is 57.0 Å². The molecule has 1 heterocycles. The van der Waals surface area contributed by atoms with Crippen molar-refractivity contribution in [2.75, 3.05) is 5.32 Å². The van der Waals surface area contributed by atoms with Gasteiger partial charge in [-0.2, -0.15) is 5.26 Å². The zero-order valence-electron chi connectivity index (χ0n) is 14.0. The molecular weight excluding hydrogens is 432 g/mol. The lowest BCUT2D eigenvalue weighted by molar-refractivity contribution is 0.0942. The lowest BCUT2D eigenvalue weighted by atomic mass is 9.96. The molecule has 1 aromatic heterocycles. The third-order valence-corrected chi connectivity index (χ3v) is 6.15. The highest BCUT2D eigenvalue weighted by molar-refractivity contribution is 7.16. The molecule has 1 aliphatic carbocycles. The Balaban J connectivity index is 1.84. The maximum atomic E-state index is 13.0. The Labute approximate surface area is 175 Å². The quantitative estimate of drug-likeness (QED) is 0.502. The topological polar surface area (TPSA) is 64.9 Å². The predicted octanol–water partition coefficient (Wildman–Crippen LogP) is 5.18. The van der Waals surface area contributed by atoms with E-state index in [0.717, 1.165) is 36.1 Å². The van der Waals surface area contributed by atoms with Crippen molar-refractivity contribution in [2.24, 2.45) is 0 Å². The molecule has 142 valence electrons. The Kier molecular flexibility index (Phi) is 6.17. The first-order valence-electron chi connectivity index (χ1n) is 8.24. The largest absolute Gasteiger partial charge is 0.352 e. The monoisotopic (exact) mass is 445 g/mol. The maximum Gasteiger partial charge on any atom is 0.252 e.